The summed E-state index contributed by atoms with van der Waals surface area (Å²) < 4.78 is 32.4. The number of aryl methyl sites for hydroxylation is 1. The number of fused-ring (bicyclic) bond motifs is 1. The fourth-order valence-electron chi connectivity index (χ4n) is 7.77. The zero-order chi connectivity index (χ0) is 37.9. The summed E-state index contributed by atoms with van der Waals surface area (Å²) in [6.07, 6.45) is 5.12. The predicted octanol–water partition coefficient (Wildman–Crippen LogP) is 3.37. The summed E-state index contributed by atoms with van der Waals surface area (Å²) in [6.45, 7) is 5.10. The second-order valence-corrected chi connectivity index (χ2v) is 14.1. The number of nitriles is 1. The van der Waals surface area contributed by atoms with Crippen LogP contribution in [-0.2, 0) is 16.6 Å². The van der Waals surface area contributed by atoms with Crippen molar-refractivity contribution in [1.82, 2.24) is 39.0 Å². The molecular weight excluding hydrogens is 698 g/mol. The Bertz CT molecular complexity index is 2240. The molecule has 1 aromatic carbocycles. The number of halogens is 2. The number of para-hydroxylation sites is 1. The van der Waals surface area contributed by atoms with E-state index in [-0.39, 0.29) is 47.3 Å². The molecule has 2 N–H and O–H groups in total. The summed E-state index contributed by atoms with van der Waals surface area (Å²) in [4.78, 5) is 58.9. The Morgan fingerprint density at radius 2 is 1.81 bits per heavy atom. The number of amides is 3. The number of nitrogens with zero attached hydrogens (tertiary/aromatic N) is 8. The van der Waals surface area contributed by atoms with Crippen molar-refractivity contribution >= 4 is 34.4 Å². The fourth-order valence-corrected chi connectivity index (χ4v) is 7.77. The Kier molecular flexibility index (Phi) is 10.7. The number of imidazole rings is 1. The number of piperazine rings is 1. The molecular formula is C38H40F2N10O4. The van der Waals surface area contributed by atoms with E-state index in [0.717, 1.165) is 58.4 Å². The smallest absolute Gasteiger partial charge is 0.319 e. The Balaban J connectivity index is 0.900. The number of hydrogen-bond acceptors (Lipinski definition) is 9. The van der Waals surface area contributed by atoms with Crippen LogP contribution in [0.3, 0.4) is 0 Å². The van der Waals surface area contributed by atoms with Gasteiger partial charge in [0.05, 0.1) is 46.0 Å². The highest BCUT2D eigenvalue weighted by molar-refractivity contribution is 6.04. The standard InChI is InChI=1S/C38H40F2N10O4/c1-46-34-26(4-2-6-30(34)50(38(46)54)31-11-12-32(51)44-37(31)53)5-3-13-47-14-16-48(17-15-47)22-24-7-9-28(10-8-24)49-23-29(33(45-49)35(39)40)43-36(52)27-18-25(19-41)20-42-21-27/h2,4,6,18,20-21,23-24,28,31,35H,7-17,22H2,1H3,(H,43,52)(H,44,51,53)/t24-,28-,31?. The second kappa shape index (κ2) is 15.7. The number of aromatic nitrogens is 5. The van der Waals surface area contributed by atoms with Crippen LogP contribution in [0.2, 0.25) is 0 Å². The number of anilines is 1. The van der Waals surface area contributed by atoms with Crippen LogP contribution in [0, 0.1) is 29.1 Å². The summed E-state index contributed by atoms with van der Waals surface area (Å²) in [7, 11) is 1.67. The molecule has 54 heavy (non-hydrogen) atoms. The van der Waals surface area contributed by atoms with Gasteiger partial charge >= 0.3 is 5.69 Å². The molecule has 1 atom stereocenters. The van der Waals surface area contributed by atoms with Crippen LogP contribution in [0.25, 0.3) is 11.0 Å². The third-order valence-electron chi connectivity index (χ3n) is 10.7. The SMILES string of the molecule is Cn1c(=O)n(C2CCC(=O)NC2=O)c2cccc(C#CCN3CCN(C[C@H]4CC[C@H](n5cc(NC(=O)c6cncc(C#N)c6)c(C(F)F)n5)CC4)CC3)c21. The number of piperidine rings is 1. The summed E-state index contributed by atoms with van der Waals surface area (Å²) in [5.41, 5.74) is 1.41. The first-order valence-corrected chi connectivity index (χ1v) is 18.1. The number of hydrogen-bond donors (Lipinski definition) is 2. The summed E-state index contributed by atoms with van der Waals surface area (Å²) in [6, 6.07) is 7.96. The van der Waals surface area contributed by atoms with Crippen molar-refractivity contribution < 1.29 is 23.2 Å². The molecule has 1 aliphatic carbocycles. The molecule has 3 fully saturated rings. The van der Waals surface area contributed by atoms with E-state index in [9.17, 15) is 28.0 Å². The highest BCUT2D eigenvalue weighted by Crippen LogP contribution is 2.35. The average molecular weight is 739 g/mol. The maximum Gasteiger partial charge on any atom is 0.329 e. The first-order chi connectivity index (χ1) is 26.1. The third kappa shape index (κ3) is 7.67. The van der Waals surface area contributed by atoms with Crippen molar-refractivity contribution in [3.05, 3.63) is 75.7 Å². The van der Waals surface area contributed by atoms with E-state index in [1.54, 1.807) is 17.8 Å². The van der Waals surface area contributed by atoms with Crippen molar-refractivity contribution in [2.45, 2.75) is 57.0 Å². The van der Waals surface area contributed by atoms with Gasteiger partial charge in [0, 0.05) is 64.8 Å². The first kappa shape index (κ1) is 36.6. The molecule has 0 spiro atoms. The number of rotatable bonds is 8. The van der Waals surface area contributed by atoms with Crippen LogP contribution < -0.4 is 16.3 Å². The molecule has 3 aliphatic rings. The number of imide groups is 1. The Labute approximate surface area is 309 Å². The molecule has 14 nitrogen and oxygen atoms in total. The Morgan fingerprint density at radius 3 is 2.54 bits per heavy atom. The van der Waals surface area contributed by atoms with E-state index in [4.69, 9.17) is 5.26 Å². The minimum atomic E-state index is -2.87. The number of alkyl halides is 2. The maximum absolute atomic E-state index is 13.9. The number of nitrogens with one attached hydrogen (secondary N) is 2. The van der Waals surface area contributed by atoms with Gasteiger partial charge in [0.15, 0.2) is 5.69 Å². The van der Waals surface area contributed by atoms with E-state index in [0.29, 0.717) is 29.1 Å². The van der Waals surface area contributed by atoms with Crippen molar-refractivity contribution in [3.8, 4) is 17.9 Å². The number of benzene rings is 1. The largest absolute Gasteiger partial charge is 0.329 e. The van der Waals surface area contributed by atoms with Crippen LogP contribution in [-0.4, -0.2) is 90.7 Å². The highest BCUT2D eigenvalue weighted by Gasteiger charge is 2.32. The van der Waals surface area contributed by atoms with Gasteiger partial charge in [-0.3, -0.25) is 43.4 Å². The van der Waals surface area contributed by atoms with Gasteiger partial charge in [-0.2, -0.15) is 10.4 Å². The van der Waals surface area contributed by atoms with E-state index in [2.05, 4.69) is 42.4 Å². The van der Waals surface area contributed by atoms with Gasteiger partial charge in [0.25, 0.3) is 12.3 Å². The lowest BCUT2D eigenvalue weighted by atomic mass is 9.85. The van der Waals surface area contributed by atoms with Gasteiger partial charge in [0.2, 0.25) is 11.8 Å². The van der Waals surface area contributed by atoms with Gasteiger partial charge in [0.1, 0.15) is 12.1 Å². The summed E-state index contributed by atoms with van der Waals surface area (Å²) in [5, 5.41) is 18.1. The summed E-state index contributed by atoms with van der Waals surface area (Å²) >= 11 is 0. The fraction of sp³-hybridized carbons (Fsp3) is 0.447. The number of pyridine rings is 1. The van der Waals surface area contributed by atoms with Gasteiger partial charge in [-0.05, 0) is 56.2 Å². The monoisotopic (exact) mass is 738 g/mol. The zero-order valence-electron chi connectivity index (χ0n) is 29.8. The van der Waals surface area contributed by atoms with E-state index in [1.165, 1.54) is 33.8 Å². The van der Waals surface area contributed by atoms with E-state index in [1.807, 2.05) is 18.2 Å². The second-order valence-electron chi connectivity index (χ2n) is 14.1. The molecule has 3 amide bonds. The van der Waals surface area contributed by atoms with Crippen LogP contribution in [0.5, 0.6) is 0 Å². The van der Waals surface area contributed by atoms with E-state index >= 15 is 0 Å². The molecule has 0 radical (unpaired) electrons. The van der Waals surface area contributed by atoms with Gasteiger partial charge in [-0.15, -0.1) is 0 Å². The normalized spacial score (nSPS) is 21.1. The first-order valence-electron chi connectivity index (χ1n) is 18.1. The lowest BCUT2D eigenvalue weighted by Gasteiger charge is -2.37. The number of carbonyl (C=O) groups is 3. The molecule has 2 aliphatic heterocycles. The van der Waals surface area contributed by atoms with Crippen molar-refractivity contribution in [2.75, 3.05) is 44.6 Å². The topological polar surface area (TPSA) is 163 Å². The van der Waals surface area contributed by atoms with Crippen molar-refractivity contribution in [3.63, 3.8) is 0 Å². The van der Waals surface area contributed by atoms with Crippen LogP contribution in [0.15, 0.2) is 47.7 Å². The lowest BCUT2D eigenvalue weighted by molar-refractivity contribution is -0.135. The van der Waals surface area contributed by atoms with Crippen molar-refractivity contribution in [2.24, 2.45) is 13.0 Å². The van der Waals surface area contributed by atoms with Gasteiger partial charge in [-0.25, -0.2) is 13.6 Å². The van der Waals surface area contributed by atoms with Gasteiger partial charge in [-0.1, -0.05) is 17.9 Å². The summed E-state index contributed by atoms with van der Waals surface area (Å²) in [5.74, 6) is 5.57. The molecule has 280 valence electrons. The third-order valence-corrected chi connectivity index (χ3v) is 10.7. The molecule has 1 saturated carbocycles. The predicted molar refractivity (Wildman–Crippen MR) is 193 cm³/mol. The maximum atomic E-state index is 13.9. The van der Waals surface area contributed by atoms with Crippen molar-refractivity contribution in [1.29, 1.82) is 5.26 Å². The molecule has 1 unspecified atom stereocenters. The van der Waals surface area contributed by atoms with Gasteiger partial charge < -0.3 is 10.2 Å². The van der Waals surface area contributed by atoms with Crippen LogP contribution in [0.4, 0.5) is 14.5 Å². The molecule has 7 rings (SSSR count). The Morgan fingerprint density at radius 1 is 1.06 bits per heavy atom. The molecule has 4 aromatic rings. The van der Waals surface area contributed by atoms with E-state index < -0.39 is 30.0 Å². The highest BCUT2D eigenvalue weighted by atomic mass is 19.3. The van der Waals surface area contributed by atoms with Crippen LogP contribution >= 0.6 is 0 Å². The Hall–Kier alpha value is -5.71. The minimum Gasteiger partial charge on any atom is -0.319 e. The molecule has 0 bridgehead atoms. The molecule has 16 heteroatoms. The molecule has 3 aromatic heterocycles. The molecule has 2 saturated heterocycles. The molecule has 5 heterocycles. The minimum absolute atomic E-state index is 0.0476. The number of carbonyl (C=O) groups excluding carboxylic acids is 3. The average Bonchev–Trinajstić information content (AvgIpc) is 3.71. The quantitative estimate of drug-likeness (QED) is 0.204. The van der Waals surface area contributed by atoms with Crippen LogP contribution in [0.1, 0.15) is 84.2 Å². The lowest BCUT2D eigenvalue weighted by Crippen LogP contribution is -2.48. The zero-order valence-corrected chi connectivity index (χ0v) is 29.8.